The topological polar surface area (TPSA) is 96.1 Å². The van der Waals surface area contributed by atoms with Crippen LogP contribution >= 0.6 is 0 Å². The van der Waals surface area contributed by atoms with Crippen molar-refractivity contribution in [2.24, 2.45) is 0 Å². The summed E-state index contributed by atoms with van der Waals surface area (Å²) in [6.07, 6.45) is 2.11. The van der Waals surface area contributed by atoms with Gasteiger partial charge >= 0.3 is 0 Å². The third-order valence-corrected chi connectivity index (χ3v) is 4.72. The smallest absolute Gasteiger partial charge is 0.252 e. The second kappa shape index (κ2) is 7.96. The zero-order valence-electron chi connectivity index (χ0n) is 15.1. The van der Waals surface area contributed by atoms with Gasteiger partial charge in [-0.25, -0.2) is 0 Å². The van der Waals surface area contributed by atoms with Crippen molar-refractivity contribution >= 4 is 17.6 Å². The molecule has 3 N–H and O–H groups in total. The number of hydrogen-bond donors (Lipinski definition) is 3. The highest BCUT2D eigenvalue weighted by Gasteiger charge is 2.31. The predicted molar refractivity (Wildman–Crippen MR) is 104 cm³/mol. The van der Waals surface area contributed by atoms with Gasteiger partial charge in [-0.3, -0.25) is 14.7 Å². The second-order valence-corrected chi connectivity index (χ2v) is 6.54. The van der Waals surface area contributed by atoms with E-state index in [0.717, 1.165) is 5.56 Å². The normalized spacial score (nSPS) is 16.4. The minimum atomic E-state index is -0.827. The van der Waals surface area contributed by atoms with Crippen LogP contribution in [0, 0.1) is 0 Å². The minimum absolute atomic E-state index is 0.204. The Hall–Kier alpha value is -3.61. The van der Waals surface area contributed by atoms with Crippen molar-refractivity contribution in [2.75, 3.05) is 11.9 Å². The Morgan fingerprint density at radius 3 is 2.64 bits per heavy atom. The van der Waals surface area contributed by atoms with Crippen molar-refractivity contribution in [1.82, 2.24) is 15.5 Å². The molecular formula is C21H20N4O3. The highest BCUT2D eigenvalue weighted by atomic mass is 16.5. The molecule has 1 aromatic heterocycles. The summed E-state index contributed by atoms with van der Waals surface area (Å²) in [5.74, 6) is 0.272. The third-order valence-electron chi connectivity index (χ3n) is 4.72. The first kappa shape index (κ1) is 17.8. The molecule has 2 aromatic carbocycles. The van der Waals surface area contributed by atoms with Crippen molar-refractivity contribution in [1.29, 1.82) is 0 Å². The number of benzene rings is 2. The Morgan fingerprint density at radius 2 is 1.86 bits per heavy atom. The van der Waals surface area contributed by atoms with Crippen LogP contribution in [0.4, 0.5) is 5.82 Å². The van der Waals surface area contributed by atoms with Gasteiger partial charge in [-0.1, -0.05) is 48.5 Å². The number of hydrogen-bond acceptors (Lipinski definition) is 4. The SMILES string of the molecule is O=C(NC(C(=O)Nc1ccn[nH]1)c1ccccc1)C1CCOc2ccccc21. The molecule has 0 bridgehead atoms. The van der Waals surface area contributed by atoms with E-state index in [1.54, 1.807) is 12.3 Å². The molecule has 7 nitrogen and oxygen atoms in total. The van der Waals surface area contributed by atoms with E-state index in [4.69, 9.17) is 4.74 Å². The third kappa shape index (κ3) is 3.73. The van der Waals surface area contributed by atoms with Crippen LogP contribution in [0.2, 0.25) is 0 Å². The second-order valence-electron chi connectivity index (χ2n) is 6.54. The maximum absolute atomic E-state index is 13.1. The molecule has 2 unspecified atom stereocenters. The van der Waals surface area contributed by atoms with E-state index in [9.17, 15) is 9.59 Å². The molecule has 2 heterocycles. The Balaban J connectivity index is 1.57. The van der Waals surface area contributed by atoms with Gasteiger partial charge < -0.3 is 15.4 Å². The van der Waals surface area contributed by atoms with E-state index in [2.05, 4.69) is 20.8 Å². The van der Waals surface area contributed by atoms with Crippen molar-refractivity contribution in [3.05, 3.63) is 78.0 Å². The molecule has 0 radical (unpaired) electrons. The van der Waals surface area contributed by atoms with E-state index in [1.807, 2.05) is 54.6 Å². The average Bonchev–Trinajstić information content (AvgIpc) is 3.25. The molecule has 28 heavy (non-hydrogen) atoms. The largest absolute Gasteiger partial charge is 0.493 e. The number of aromatic amines is 1. The molecule has 4 rings (SSSR count). The standard InChI is InChI=1S/C21H20N4O3/c26-20(16-11-13-28-17-9-5-4-8-15(16)17)24-19(14-6-2-1-3-7-14)21(27)23-18-10-12-22-25-18/h1-10,12,16,19H,11,13H2,(H,24,26)(H2,22,23,25,27). The number of fused-ring (bicyclic) bond motifs is 1. The molecule has 0 saturated carbocycles. The number of carbonyl (C=O) groups excluding carboxylic acids is 2. The number of nitrogens with zero attached hydrogens (tertiary/aromatic N) is 1. The summed E-state index contributed by atoms with van der Waals surface area (Å²) in [5.41, 5.74) is 1.54. The first-order chi connectivity index (χ1) is 13.7. The number of rotatable bonds is 5. The first-order valence-electron chi connectivity index (χ1n) is 9.09. The minimum Gasteiger partial charge on any atom is -0.493 e. The van der Waals surface area contributed by atoms with Gasteiger partial charge in [0.05, 0.1) is 18.7 Å². The molecule has 1 aliphatic heterocycles. The van der Waals surface area contributed by atoms with Crippen LogP contribution in [-0.2, 0) is 9.59 Å². The molecule has 0 spiro atoms. The summed E-state index contributed by atoms with van der Waals surface area (Å²) < 4.78 is 5.64. The quantitative estimate of drug-likeness (QED) is 0.638. The van der Waals surface area contributed by atoms with Crippen molar-refractivity contribution in [2.45, 2.75) is 18.4 Å². The maximum Gasteiger partial charge on any atom is 0.252 e. The molecule has 2 atom stereocenters. The van der Waals surface area contributed by atoms with Gasteiger partial charge in [0.2, 0.25) is 5.91 Å². The number of H-pyrrole nitrogens is 1. The van der Waals surface area contributed by atoms with E-state index in [1.165, 1.54) is 0 Å². The first-order valence-corrected chi connectivity index (χ1v) is 9.09. The lowest BCUT2D eigenvalue weighted by molar-refractivity contribution is -0.128. The average molecular weight is 376 g/mol. The van der Waals surface area contributed by atoms with Gasteiger partial charge in [0.25, 0.3) is 5.91 Å². The van der Waals surface area contributed by atoms with Crippen LogP contribution in [0.15, 0.2) is 66.9 Å². The monoisotopic (exact) mass is 376 g/mol. The lowest BCUT2D eigenvalue weighted by Gasteiger charge is -2.27. The highest BCUT2D eigenvalue weighted by molar-refractivity contribution is 5.98. The Kier molecular flexibility index (Phi) is 5.05. The van der Waals surface area contributed by atoms with E-state index in [-0.39, 0.29) is 17.7 Å². The fraction of sp³-hybridized carbons (Fsp3) is 0.190. The van der Waals surface area contributed by atoms with Gasteiger partial charge in [0, 0.05) is 11.6 Å². The van der Waals surface area contributed by atoms with Crippen LogP contribution in [0.5, 0.6) is 5.75 Å². The summed E-state index contributed by atoms with van der Waals surface area (Å²) in [4.78, 5) is 26.0. The predicted octanol–water partition coefficient (Wildman–Crippen LogP) is 2.77. The summed E-state index contributed by atoms with van der Waals surface area (Å²) in [7, 11) is 0. The van der Waals surface area contributed by atoms with E-state index in [0.29, 0.717) is 30.2 Å². The van der Waals surface area contributed by atoms with E-state index >= 15 is 0 Å². The van der Waals surface area contributed by atoms with Crippen LogP contribution in [0.25, 0.3) is 0 Å². The fourth-order valence-corrected chi connectivity index (χ4v) is 3.33. The number of carbonyl (C=O) groups is 2. The Morgan fingerprint density at radius 1 is 1.07 bits per heavy atom. The van der Waals surface area contributed by atoms with Crippen LogP contribution < -0.4 is 15.4 Å². The molecule has 3 aromatic rings. The zero-order valence-corrected chi connectivity index (χ0v) is 15.1. The van der Waals surface area contributed by atoms with Gasteiger partial charge in [0.15, 0.2) is 0 Å². The number of amides is 2. The maximum atomic E-state index is 13.1. The summed E-state index contributed by atoms with van der Waals surface area (Å²) in [5, 5.41) is 12.2. The molecule has 0 saturated heterocycles. The number of aromatic nitrogens is 2. The van der Waals surface area contributed by atoms with Crippen molar-refractivity contribution in [3.63, 3.8) is 0 Å². The van der Waals surface area contributed by atoms with Crippen molar-refractivity contribution in [3.8, 4) is 5.75 Å². The molecule has 7 heteroatoms. The lowest BCUT2D eigenvalue weighted by Crippen LogP contribution is -2.40. The van der Waals surface area contributed by atoms with E-state index < -0.39 is 6.04 Å². The van der Waals surface area contributed by atoms with Gasteiger partial charge in [-0.15, -0.1) is 0 Å². The lowest BCUT2D eigenvalue weighted by atomic mass is 9.91. The molecule has 2 amide bonds. The Labute approximate surface area is 162 Å². The Bertz CT molecular complexity index is 957. The number of nitrogens with one attached hydrogen (secondary N) is 3. The number of para-hydroxylation sites is 1. The van der Waals surface area contributed by atoms with Crippen LogP contribution in [0.1, 0.15) is 29.5 Å². The fourth-order valence-electron chi connectivity index (χ4n) is 3.33. The van der Waals surface area contributed by atoms with Crippen molar-refractivity contribution < 1.29 is 14.3 Å². The molecule has 142 valence electrons. The molecular weight excluding hydrogens is 356 g/mol. The van der Waals surface area contributed by atoms with Gasteiger partial charge in [0.1, 0.15) is 17.6 Å². The van der Waals surface area contributed by atoms with Crippen LogP contribution in [-0.4, -0.2) is 28.6 Å². The number of ether oxygens (including phenoxy) is 1. The van der Waals surface area contributed by atoms with Gasteiger partial charge in [-0.2, -0.15) is 5.10 Å². The summed E-state index contributed by atoms with van der Waals surface area (Å²) in [6.45, 7) is 0.464. The summed E-state index contributed by atoms with van der Waals surface area (Å²) >= 11 is 0. The highest BCUT2D eigenvalue weighted by Crippen LogP contribution is 2.34. The van der Waals surface area contributed by atoms with Gasteiger partial charge in [-0.05, 0) is 18.1 Å². The molecule has 1 aliphatic rings. The number of anilines is 1. The summed E-state index contributed by atoms with van der Waals surface area (Å²) in [6, 6.07) is 17.5. The zero-order chi connectivity index (χ0) is 19.3. The molecule has 0 aliphatic carbocycles. The molecule has 0 fully saturated rings. The van der Waals surface area contributed by atoms with Crippen LogP contribution in [0.3, 0.4) is 0 Å².